The number of ether oxygens (including phenoxy) is 3. The second kappa shape index (κ2) is 6.94. The lowest BCUT2D eigenvalue weighted by Crippen LogP contribution is -2.36. The average Bonchev–Trinajstić information content (AvgIpc) is 2.67. The summed E-state index contributed by atoms with van der Waals surface area (Å²) >= 11 is 0. The Labute approximate surface area is 147 Å². The van der Waals surface area contributed by atoms with Crippen LogP contribution in [0.4, 0.5) is 0 Å². The first-order valence-electron chi connectivity index (χ1n) is 8.69. The van der Waals surface area contributed by atoms with E-state index in [2.05, 4.69) is 23.1 Å². The van der Waals surface area contributed by atoms with Crippen LogP contribution in [-0.4, -0.2) is 43.5 Å². The van der Waals surface area contributed by atoms with E-state index in [1.165, 1.54) is 11.1 Å². The number of rotatable bonds is 4. The molecule has 0 spiro atoms. The highest BCUT2D eigenvalue weighted by atomic mass is 16.6. The van der Waals surface area contributed by atoms with Gasteiger partial charge in [-0.15, -0.1) is 0 Å². The smallest absolute Gasteiger partial charge is 0.203 e. The number of aliphatic hydroxyl groups is 1. The predicted molar refractivity (Wildman–Crippen MR) is 94.4 cm³/mol. The summed E-state index contributed by atoms with van der Waals surface area (Å²) in [6.07, 6.45) is 0.994. The summed E-state index contributed by atoms with van der Waals surface area (Å²) in [5, 5.41) is 9.97. The number of benzene rings is 2. The van der Waals surface area contributed by atoms with E-state index in [1.54, 1.807) is 7.11 Å². The van der Waals surface area contributed by atoms with Crippen molar-refractivity contribution in [2.75, 3.05) is 33.5 Å². The van der Waals surface area contributed by atoms with Gasteiger partial charge in [-0.1, -0.05) is 24.3 Å². The van der Waals surface area contributed by atoms with E-state index in [1.807, 2.05) is 18.2 Å². The molecule has 2 aliphatic rings. The molecular formula is C20H23NO4. The zero-order valence-corrected chi connectivity index (χ0v) is 14.4. The van der Waals surface area contributed by atoms with E-state index in [0.29, 0.717) is 24.7 Å². The summed E-state index contributed by atoms with van der Waals surface area (Å²) in [4.78, 5) is 2.31. The normalized spacial score (nSPS) is 19.4. The largest absolute Gasteiger partial charge is 0.493 e. The second-order valence-corrected chi connectivity index (χ2v) is 6.44. The first-order valence-corrected chi connectivity index (χ1v) is 8.69. The van der Waals surface area contributed by atoms with Crippen LogP contribution in [0.5, 0.6) is 17.2 Å². The average molecular weight is 341 g/mol. The number of aliphatic hydroxyl groups excluding tert-OH is 1. The van der Waals surface area contributed by atoms with Crippen molar-refractivity contribution in [3.8, 4) is 17.2 Å². The molecule has 4 rings (SSSR count). The number of hydrogen-bond acceptors (Lipinski definition) is 5. The van der Waals surface area contributed by atoms with Crippen LogP contribution in [0.3, 0.4) is 0 Å². The summed E-state index contributed by atoms with van der Waals surface area (Å²) in [6, 6.07) is 12.4. The van der Waals surface area contributed by atoms with Crippen molar-refractivity contribution in [3.05, 3.63) is 53.1 Å². The van der Waals surface area contributed by atoms with Crippen LogP contribution in [0.15, 0.2) is 36.4 Å². The van der Waals surface area contributed by atoms with Crippen LogP contribution in [0, 0.1) is 0 Å². The van der Waals surface area contributed by atoms with E-state index in [-0.39, 0.29) is 12.6 Å². The van der Waals surface area contributed by atoms with Gasteiger partial charge in [-0.2, -0.15) is 0 Å². The Morgan fingerprint density at radius 2 is 2.04 bits per heavy atom. The molecule has 2 aliphatic heterocycles. The summed E-state index contributed by atoms with van der Waals surface area (Å²) in [5.41, 5.74) is 3.65. The van der Waals surface area contributed by atoms with Gasteiger partial charge >= 0.3 is 0 Å². The van der Waals surface area contributed by atoms with Crippen molar-refractivity contribution in [2.45, 2.75) is 19.0 Å². The van der Waals surface area contributed by atoms with Crippen molar-refractivity contribution in [1.29, 1.82) is 0 Å². The number of fused-ring (bicyclic) bond motifs is 2. The highest BCUT2D eigenvalue weighted by Crippen LogP contribution is 2.41. The van der Waals surface area contributed by atoms with Gasteiger partial charge in [0.05, 0.1) is 19.8 Å². The van der Waals surface area contributed by atoms with Crippen molar-refractivity contribution in [1.82, 2.24) is 4.90 Å². The maximum Gasteiger partial charge on any atom is 0.203 e. The van der Waals surface area contributed by atoms with Gasteiger partial charge in [0.25, 0.3) is 0 Å². The van der Waals surface area contributed by atoms with Crippen LogP contribution in [-0.2, 0) is 13.0 Å². The Bertz CT molecular complexity index is 744. The minimum absolute atomic E-state index is 0.0177. The van der Waals surface area contributed by atoms with Gasteiger partial charge < -0.3 is 19.3 Å². The minimum Gasteiger partial charge on any atom is -0.493 e. The second-order valence-electron chi connectivity index (χ2n) is 6.44. The lowest BCUT2D eigenvalue weighted by Gasteiger charge is -2.36. The Balaban J connectivity index is 1.62. The van der Waals surface area contributed by atoms with Crippen molar-refractivity contribution >= 4 is 0 Å². The third kappa shape index (κ3) is 3.05. The van der Waals surface area contributed by atoms with Crippen LogP contribution in [0.25, 0.3) is 0 Å². The summed E-state index contributed by atoms with van der Waals surface area (Å²) in [6.45, 7) is 2.85. The molecule has 0 fully saturated rings. The quantitative estimate of drug-likeness (QED) is 0.926. The van der Waals surface area contributed by atoms with Crippen molar-refractivity contribution in [3.63, 3.8) is 0 Å². The van der Waals surface area contributed by atoms with E-state index in [9.17, 15) is 5.11 Å². The number of methoxy groups -OCH3 is 1. The molecular weight excluding hydrogens is 318 g/mol. The number of nitrogens with zero attached hydrogens (tertiary/aromatic N) is 1. The fourth-order valence-corrected chi connectivity index (χ4v) is 3.76. The van der Waals surface area contributed by atoms with Crippen molar-refractivity contribution in [2.24, 2.45) is 0 Å². The number of hydrogen-bond donors (Lipinski definition) is 1. The maximum atomic E-state index is 9.97. The Hall–Kier alpha value is -2.24. The van der Waals surface area contributed by atoms with Crippen molar-refractivity contribution < 1.29 is 19.3 Å². The van der Waals surface area contributed by atoms with E-state index >= 15 is 0 Å². The Morgan fingerprint density at radius 1 is 1.20 bits per heavy atom. The SMILES string of the molecule is COc1cc(CN2CCc3ccccc3[C@@H]2CO)cc2c1OCCO2. The molecule has 25 heavy (non-hydrogen) atoms. The lowest BCUT2D eigenvalue weighted by molar-refractivity contribution is 0.107. The molecule has 0 aromatic heterocycles. The van der Waals surface area contributed by atoms with E-state index in [0.717, 1.165) is 30.8 Å². The lowest BCUT2D eigenvalue weighted by atomic mass is 9.92. The zero-order valence-electron chi connectivity index (χ0n) is 14.4. The monoisotopic (exact) mass is 341 g/mol. The molecule has 0 saturated carbocycles. The van der Waals surface area contributed by atoms with Gasteiger partial charge in [-0.3, -0.25) is 4.90 Å². The van der Waals surface area contributed by atoms with Gasteiger partial charge in [-0.25, -0.2) is 0 Å². The Kier molecular flexibility index (Phi) is 4.51. The molecule has 132 valence electrons. The van der Waals surface area contributed by atoms with Gasteiger partial charge in [0.2, 0.25) is 5.75 Å². The van der Waals surface area contributed by atoms with E-state index in [4.69, 9.17) is 14.2 Å². The molecule has 2 aromatic rings. The molecule has 5 heteroatoms. The first kappa shape index (κ1) is 16.2. The highest BCUT2D eigenvalue weighted by Gasteiger charge is 2.27. The topological polar surface area (TPSA) is 51.2 Å². The van der Waals surface area contributed by atoms with Gasteiger partial charge in [0.1, 0.15) is 13.2 Å². The van der Waals surface area contributed by atoms with Gasteiger partial charge in [0.15, 0.2) is 11.5 Å². The van der Waals surface area contributed by atoms with Crippen LogP contribution < -0.4 is 14.2 Å². The predicted octanol–water partition coefficient (Wildman–Crippen LogP) is 2.56. The fourth-order valence-electron chi connectivity index (χ4n) is 3.76. The molecule has 1 atom stereocenters. The molecule has 1 N–H and O–H groups in total. The maximum absolute atomic E-state index is 9.97. The third-order valence-electron chi connectivity index (χ3n) is 4.97. The molecule has 2 heterocycles. The molecule has 0 radical (unpaired) electrons. The molecule has 2 aromatic carbocycles. The van der Waals surface area contributed by atoms with Gasteiger partial charge in [-0.05, 0) is 35.2 Å². The van der Waals surface area contributed by atoms with Gasteiger partial charge in [0, 0.05) is 13.1 Å². The molecule has 0 aliphatic carbocycles. The van der Waals surface area contributed by atoms with E-state index < -0.39 is 0 Å². The molecule has 0 saturated heterocycles. The fraction of sp³-hybridized carbons (Fsp3) is 0.400. The zero-order chi connectivity index (χ0) is 17.2. The Morgan fingerprint density at radius 3 is 2.88 bits per heavy atom. The molecule has 0 unspecified atom stereocenters. The third-order valence-corrected chi connectivity index (χ3v) is 4.97. The highest BCUT2D eigenvalue weighted by molar-refractivity contribution is 5.54. The van der Waals surface area contributed by atoms with Crippen LogP contribution >= 0.6 is 0 Å². The first-order chi connectivity index (χ1) is 12.3. The minimum atomic E-state index is 0.0177. The standard InChI is InChI=1S/C20H23NO4/c1-23-18-10-14(11-19-20(18)25-9-8-24-19)12-21-7-6-15-4-2-3-5-16(15)17(21)13-22/h2-5,10-11,17,22H,6-9,12-13H2,1H3/t17-/m0/s1. The van der Waals surface area contributed by atoms with Crippen LogP contribution in [0.2, 0.25) is 0 Å². The summed E-state index contributed by atoms with van der Waals surface area (Å²) in [7, 11) is 1.64. The van der Waals surface area contributed by atoms with Crippen LogP contribution in [0.1, 0.15) is 22.7 Å². The molecule has 5 nitrogen and oxygen atoms in total. The summed E-state index contributed by atoms with van der Waals surface area (Å²) in [5.74, 6) is 2.11. The molecule has 0 amide bonds. The summed E-state index contributed by atoms with van der Waals surface area (Å²) < 4.78 is 16.9. The molecule has 0 bridgehead atoms.